The third-order valence-corrected chi connectivity index (χ3v) is 4.98. The molecule has 1 aliphatic rings. The molecule has 1 fully saturated rings. The van der Waals surface area contributed by atoms with Crippen molar-refractivity contribution in [3.05, 3.63) is 48.3 Å². The SMILES string of the molecule is O=C(O)CSc1nncn1-c1ccc(C2CC2)c2ccccc12. The van der Waals surface area contributed by atoms with Crippen molar-refractivity contribution in [3.63, 3.8) is 0 Å². The van der Waals surface area contributed by atoms with E-state index in [9.17, 15) is 4.79 Å². The molecule has 6 heteroatoms. The zero-order valence-electron chi connectivity index (χ0n) is 12.3. The van der Waals surface area contributed by atoms with Gasteiger partial charge in [0.1, 0.15) is 6.33 Å². The van der Waals surface area contributed by atoms with Crippen molar-refractivity contribution in [1.82, 2.24) is 14.8 Å². The first-order valence-corrected chi connectivity index (χ1v) is 8.49. The number of aromatic nitrogens is 3. The van der Waals surface area contributed by atoms with Gasteiger partial charge >= 0.3 is 5.97 Å². The van der Waals surface area contributed by atoms with E-state index in [-0.39, 0.29) is 5.75 Å². The molecular weight excluding hydrogens is 310 g/mol. The maximum absolute atomic E-state index is 10.8. The zero-order valence-corrected chi connectivity index (χ0v) is 13.2. The summed E-state index contributed by atoms with van der Waals surface area (Å²) in [5.74, 6) is -0.217. The first-order chi connectivity index (χ1) is 11.2. The number of rotatable bonds is 5. The van der Waals surface area contributed by atoms with Gasteiger partial charge in [-0.1, -0.05) is 42.1 Å². The Morgan fingerprint density at radius 2 is 2.00 bits per heavy atom. The summed E-state index contributed by atoms with van der Waals surface area (Å²) in [5, 5.41) is 19.9. The summed E-state index contributed by atoms with van der Waals surface area (Å²) in [4.78, 5) is 10.8. The maximum atomic E-state index is 10.8. The van der Waals surface area contributed by atoms with E-state index >= 15 is 0 Å². The quantitative estimate of drug-likeness (QED) is 0.727. The van der Waals surface area contributed by atoms with Gasteiger partial charge in [-0.25, -0.2) is 0 Å². The Morgan fingerprint density at radius 3 is 2.74 bits per heavy atom. The third-order valence-electron chi connectivity index (χ3n) is 4.05. The molecule has 0 aliphatic heterocycles. The molecule has 1 saturated carbocycles. The average molecular weight is 325 g/mol. The van der Waals surface area contributed by atoms with Crippen molar-refractivity contribution in [1.29, 1.82) is 0 Å². The molecule has 1 aromatic heterocycles. The van der Waals surface area contributed by atoms with Crippen molar-refractivity contribution >= 4 is 28.5 Å². The molecule has 5 nitrogen and oxygen atoms in total. The monoisotopic (exact) mass is 325 g/mol. The van der Waals surface area contributed by atoms with E-state index in [4.69, 9.17) is 5.11 Å². The van der Waals surface area contributed by atoms with Crippen LogP contribution in [-0.2, 0) is 4.79 Å². The minimum atomic E-state index is -0.863. The van der Waals surface area contributed by atoms with Crippen molar-refractivity contribution in [3.8, 4) is 5.69 Å². The van der Waals surface area contributed by atoms with E-state index in [1.165, 1.54) is 35.6 Å². The number of carboxylic acid groups (broad SMARTS) is 1. The van der Waals surface area contributed by atoms with Crippen LogP contribution in [-0.4, -0.2) is 31.6 Å². The number of hydrogen-bond donors (Lipinski definition) is 1. The molecule has 0 atom stereocenters. The summed E-state index contributed by atoms with van der Waals surface area (Å²) in [6.45, 7) is 0. The molecule has 116 valence electrons. The lowest BCUT2D eigenvalue weighted by molar-refractivity contribution is -0.133. The van der Waals surface area contributed by atoms with Gasteiger partial charge in [0.05, 0.1) is 11.4 Å². The van der Waals surface area contributed by atoms with Crippen LogP contribution in [0.2, 0.25) is 0 Å². The Morgan fingerprint density at radius 1 is 1.22 bits per heavy atom. The van der Waals surface area contributed by atoms with Crippen LogP contribution in [0.1, 0.15) is 24.3 Å². The normalized spacial score (nSPS) is 14.3. The van der Waals surface area contributed by atoms with E-state index in [1.807, 2.05) is 10.6 Å². The number of carbonyl (C=O) groups is 1. The molecule has 4 rings (SSSR count). The molecular formula is C17H15N3O2S. The Balaban J connectivity index is 1.82. The Hall–Kier alpha value is -2.34. The lowest BCUT2D eigenvalue weighted by Gasteiger charge is -2.12. The lowest BCUT2D eigenvalue weighted by Crippen LogP contribution is -2.02. The molecule has 0 saturated heterocycles. The molecule has 1 heterocycles. The molecule has 1 aliphatic carbocycles. The van der Waals surface area contributed by atoms with Crippen molar-refractivity contribution in [2.75, 3.05) is 5.75 Å². The fourth-order valence-corrected chi connectivity index (χ4v) is 3.52. The maximum Gasteiger partial charge on any atom is 0.313 e. The first-order valence-electron chi connectivity index (χ1n) is 7.50. The summed E-state index contributed by atoms with van der Waals surface area (Å²) in [6, 6.07) is 12.6. The number of aliphatic carboxylic acids is 1. The molecule has 0 amide bonds. The van der Waals surface area contributed by atoms with Gasteiger partial charge < -0.3 is 5.11 Å². The fourth-order valence-electron chi connectivity index (χ4n) is 2.88. The molecule has 0 unspecified atom stereocenters. The van der Waals surface area contributed by atoms with Crippen molar-refractivity contribution in [2.24, 2.45) is 0 Å². The summed E-state index contributed by atoms with van der Waals surface area (Å²) >= 11 is 1.18. The number of benzene rings is 2. The zero-order chi connectivity index (χ0) is 15.8. The molecule has 0 radical (unpaired) electrons. The number of fused-ring (bicyclic) bond motifs is 1. The summed E-state index contributed by atoms with van der Waals surface area (Å²) in [7, 11) is 0. The number of nitrogens with zero attached hydrogens (tertiary/aromatic N) is 3. The van der Waals surface area contributed by atoms with E-state index < -0.39 is 5.97 Å². The largest absolute Gasteiger partial charge is 0.481 e. The van der Waals surface area contributed by atoms with Crippen LogP contribution in [0.4, 0.5) is 0 Å². The Labute approximate surface area is 137 Å². The highest BCUT2D eigenvalue weighted by atomic mass is 32.2. The highest BCUT2D eigenvalue weighted by molar-refractivity contribution is 7.99. The first kappa shape index (κ1) is 14.3. The van der Waals surface area contributed by atoms with Gasteiger partial charge in [-0.05, 0) is 35.8 Å². The van der Waals surface area contributed by atoms with Crippen LogP contribution < -0.4 is 0 Å². The van der Waals surface area contributed by atoms with Crippen LogP contribution in [0, 0.1) is 0 Å². The smallest absolute Gasteiger partial charge is 0.313 e. The molecule has 23 heavy (non-hydrogen) atoms. The van der Waals surface area contributed by atoms with Crippen LogP contribution in [0.5, 0.6) is 0 Å². The topological polar surface area (TPSA) is 68.0 Å². The molecule has 3 aromatic rings. The molecule has 0 bridgehead atoms. The van der Waals surface area contributed by atoms with Gasteiger partial charge in [0.2, 0.25) is 0 Å². The second-order valence-electron chi connectivity index (χ2n) is 5.66. The third kappa shape index (κ3) is 2.70. The van der Waals surface area contributed by atoms with E-state index in [1.54, 1.807) is 6.33 Å². The second-order valence-corrected chi connectivity index (χ2v) is 6.60. The summed E-state index contributed by atoms with van der Waals surface area (Å²) in [6.07, 6.45) is 4.16. The highest BCUT2D eigenvalue weighted by Crippen LogP contribution is 2.44. The van der Waals surface area contributed by atoms with Crippen molar-refractivity contribution in [2.45, 2.75) is 23.9 Å². The van der Waals surface area contributed by atoms with Crippen LogP contribution in [0.15, 0.2) is 47.9 Å². The predicted molar refractivity (Wildman–Crippen MR) is 89.2 cm³/mol. The summed E-state index contributed by atoms with van der Waals surface area (Å²) < 4.78 is 1.87. The molecule has 2 aromatic carbocycles. The van der Waals surface area contributed by atoms with E-state index in [0.717, 1.165) is 11.1 Å². The minimum absolute atomic E-state index is 0.0310. The van der Waals surface area contributed by atoms with Gasteiger partial charge in [0, 0.05) is 5.39 Å². The minimum Gasteiger partial charge on any atom is -0.481 e. The van der Waals surface area contributed by atoms with E-state index in [0.29, 0.717) is 11.1 Å². The fraction of sp³-hybridized carbons (Fsp3) is 0.235. The number of carboxylic acids is 1. The van der Waals surface area contributed by atoms with Crippen LogP contribution >= 0.6 is 11.8 Å². The Kier molecular flexibility index (Phi) is 3.53. The van der Waals surface area contributed by atoms with Crippen molar-refractivity contribution < 1.29 is 9.90 Å². The van der Waals surface area contributed by atoms with Crippen LogP contribution in [0.25, 0.3) is 16.5 Å². The summed E-state index contributed by atoms with van der Waals surface area (Å²) in [5.41, 5.74) is 2.39. The van der Waals surface area contributed by atoms with Gasteiger partial charge in [-0.2, -0.15) is 0 Å². The highest BCUT2D eigenvalue weighted by Gasteiger charge is 2.26. The molecule has 1 N–H and O–H groups in total. The van der Waals surface area contributed by atoms with Crippen LogP contribution in [0.3, 0.4) is 0 Å². The van der Waals surface area contributed by atoms with Gasteiger partial charge in [-0.15, -0.1) is 10.2 Å². The Bertz CT molecular complexity index is 886. The standard InChI is InChI=1S/C17H15N3O2S/c21-16(22)9-23-17-19-18-10-20(17)15-8-7-12(11-5-6-11)13-3-1-2-4-14(13)15/h1-4,7-8,10-11H,5-6,9H2,(H,21,22). The number of thioether (sulfide) groups is 1. The van der Waals surface area contributed by atoms with E-state index in [2.05, 4.69) is 40.5 Å². The lowest BCUT2D eigenvalue weighted by atomic mass is 9.99. The van der Waals surface area contributed by atoms with Gasteiger partial charge in [-0.3, -0.25) is 9.36 Å². The average Bonchev–Trinajstić information content (AvgIpc) is 3.30. The second kappa shape index (κ2) is 5.70. The number of hydrogen-bond acceptors (Lipinski definition) is 4. The van der Waals surface area contributed by atoms with Gasteiger partial charge in [0.15, 0.2) is 5.16 Å². The predicted octanol–water partition coefficient (Wildman–Crippen LogP) is 3.47. The molecule has 0 spiro atoms. The van der Waals surface area contributed by atoms with Gasteiger partial charge in [0.25, 0.3) is 0 Å².